The van der Waals surface area contributed by atoms with Crippen molar-refractivity contribution in [2.24, 2.45) is 23.7 Å². The molecule has 0 unspecified atom stereocenters. The lowest BCUT2D eigenvalue weighted by molar-refractivity contribution is -0.288. The van der Waals surface area contributed by atoms with E-state index < -0.39 is 24.5 Å². The normalized spacial score (nSPS) is 23.6. The molecule has 3 fully saturated rings. The van der Waals surface area contributed by atoms with Gasteiger partial charge >= 0.3 is 23.9 Å². The van der Waals surface area contributed by atoms with Crippen LogP contribution in [0, 0.1) is 23.7 Å². The minimum atomic E-state index is -1.18. The molecule has 2 aliphatic carbocycles. The summed E-state index contributed by atoms with van der Waals surface area (Å²) in [5.41, 5.74) is 3.12. The maximum absolute atomic E-state index is 13.1. The summed E-state index contributed by atoms with van der Waals surface area (Å²) in [5, 5.41) is 0. The number of rotatable bonds is 20. The van der Waals surface area contributed by atoms with Gasteiger partial charge in [0.05, 0.1) is 37.6 Å². The van der Waals surface area contributed by atoms with Crippen LogP contribution in [0.3, 0.4) is 0 Å². The van der Waals surface area contributed by atoms with Crippen molar-refractivity contribution in [3.05, 3.63) is 96.1 Å². The zero-order chi connectivity index (χ0) is 39.5. The molecule has 1 heterocycles. The molecule has 0 aromatic heterocycles. The average molecular weight is 773 g/mol. The van der Waals surface area contributed by atoms with Crippen LogP contribution in [0.4, 0.5) is 0 Å². The molecule has 2 atom stereocenters. The van der Waals surface area contributed by atoms with E-state index in [0.717, 1.165) is 51.4 Å². The maximum Gasteiger partial charge on any atom is 0.340 e. The smallest absolute Gasteiger partial charge is 0.340 e. The van der Waals surface area contributed by atoms with Gasteiger partial charge in [-0.15, -0.1) is 0 Å². The number of benzene rings is 2. The predicted molar refractivity (Wildman–Crippen MR) is 212 cm³/mol. The van der Waals surface area contributed by atoms with E-state index in [2.05, 4.69) is 13.2 Å². The lowest BCUT2D eigenvalue weighted by Gasteiger charge is -2.30. The summed E-state index contributed by atoms with van der Waals surface area (Å²) >= 11 is 0. The number of carbonyl (C=O) groups excluding carboxylic acids is 4. The Kier molecular flexibility index (Phi) is 17.7. The van der Waals surface area contributed by atoms with Gasteiger partial charge in [0.15, 0.2) is 0 Å². The van der Waals surface area contributed by atoms with Crippen molar-refractivity contribution < 1.29 is 47.6 Å². The van der Waals surface area contributed by atoms with Crippen molar-refractivity contribution in [2.45, 2.75) is 115 Å². The number of hydrogen-bond donors (Lipinski definition) is 0. The number of ether oxygens (including phenoxy) is 6. The summed E-state index contributed by atoms with van der Waals surface area (Å²) in [6, 6.07) is 14.9. The van der Waals surface area contributed by atoms with E-state index in [4.69, 9.17) is 28.4 Å². The molecule has 3 aliphatic rings. The molecule has 5 rings (SSSR count). The molecule has 1 aliphatic heterocycles. The van der Waals surface area contributed by atoms with Crippen LogP contribution in [0.1, 0.15) is 122 Å². The summed E-state index contributed by atoms with van der Waals surface area (Å²) in [7, 11) is 0. The van der Waals surface area contributed by atoms with E-state index in [-0.39, 0.29) is 25.2 Å². The van der Waals surface area contributed by atoms with Crippen LogP contribution in [0.2, 0.25) is 0 Å². The first-order valence-corrected chi connectivity index (χ1v) is 20.7. The van der Waals surface area contributed by atoms with E-state index in [1.807, 2.05) is 24.3 Å². The van der Waals surface area contributed by atoms with E-state index >= 15 is 0 Å². The van der Waals surface area contributed by atoms with Gasteiger partial charge in [0.25, 0.3) is 12.6 Å². The molecule has 0 N–H and O–H groups in total. The molecular weight excluding hydrogens is 712 g/mol. The fraction of sp³-hybridized carbons (Fsp3) is 0.565. The fourth-order valence-corrected chi connectivity index (χ4v) is 8.19. The van der Waals surface area contributed by atoms with Crippen LogP contribution < -0.4 is 0 Å². The van der Waals surface area contributed by atoms with Crippen molar-refractivity contribution in [3.63, 3.8) is 0 Å². The first-order valence-electron chi connectivity index (χ1n) is 20.7. The Hall–Kier alpha value is -4.28. The summed E-state index contributed by atoms with van der Waals surface area (Å²) < 4.78 is 32.8. The number of esters is 4. The molecule has 0 spiro atoms. The van der Waals surface area contributed by atoms with Crippen LogP contribution in [0.15, 0.2) is 73.8 Å². The minimum absolute atomic E-state index is 0.210. The number of carbonyl (C=O) groups is 4. The topological polar surface area (TPSA) is 124 Å². The van der Waals surface area contributed by atoms with Gasteiger partial charge < -0.3 is 28.4 Å². The molecule has 2 aromatic rings. The number of hydrogen-bond acceptors (Lipinski definition) is 10. The van der Waals surface area contributed by atoms with Gasteiger partial charge in [-0.1, -0.05) is 88.8 Å². The standard InChI is InChI=1S/C46H60O10/c1-3-41(47)51-29-5-7-33-9-13-35(14-10-33)17-19-37-21-25-39(26-22-37)43(49)55-45-46(54-32-31-53-45)56-44(50)40-27-23-38(24-28-40)20-18-36-15-11-34(12-16-36)8-6-30-52-42(48)4-2/h3-4,21-28,33-36,45-46H,1-2,5-20,29-32H2/t33-,34-,35-,36-,45-,46-/m0/s1. The van der Waals surface area contributed by atoms with Crippen LogP contribution in [0.5, 0.6) is 0 Å². The average Bonchev–Trinajstić information content (AvgIpc) is 3.24. The van der Waals surface area contributed by atoms with Crippen LogP contribution in [0.25, 0.3) is 0 Å². The van der Waals surface area contributed by atoms with Crippen LogP contribution >= 0.6 is 0 Å². The lowest BCUT2D eigenvalue weighted by atomic mass is 9.78. The summed E-state index contributed by atoms with van der Waals surface area (Å²) in [4.78, 5) is 48.6. The molecule has 1 saturated heterocycles. The summed E-state index contributed by atoms with van der Waals surface area (Å²) in [6.45, 7) is 8.20. The maximum atomic E-state index is 13.1. The Morgan fingerprint density at radius 1 is 0.536 bits per heavy atom. The SMILES string of the molecule is C=CC(=O)OCCC[C@H]1CC[C@H](CCc2ccc(C(=O)O[C@@H]3OCCO[C@H]3OC(=O)c3ccc(CC[C@H]4CC[C@H](CCCOC(=O)C=C)CC4)cc3)cc2)CC1. The highest BCUT2D eigenvalue weighted by Crippen LogP contribution is 2.35. The van der Waals surface area contributed by atoms with E-state index in [9.17, 15) is 19.2 Å². The minimum Gasteiger partial charge on any atom is -0.463 e. The molecule has 304 valence electrons. The second-order valence-corrected chi connectivity index (χ2v) is 15.6. The highest BCUT2D eigenvalue weighted by molar-refractivity contribution is 5.90. The van der Waals surface area contributed by atoms with Crippen molar-refractivity contribution >= 4 is 23.9 Å². The van der Waals surface area contributed by atoms with Gasteiger partial charge in [-0.25, -0.2) is 19.2 Å². The molecule has 56 heavy (non-hydrogen) atoms. The Labute approximate surface area is 332 Å². The summed E-state index contributed by atoms with van der Waals surface area (Å²) in [5.74, 6) is 0.929. The molecule has 10 heteroatoms. The molecular formula is C46H60O10. The van der Waals surface area contributed by atoms with Gasteiger partial charge in [0.2, 0.25) is 0 Å². The van der Waals surface area contributed by atoms with Gasteiger partial charge in [-0.3, -0.25) is 0 Å². The van der Waals surface area contributed by atoms with Crippen LogP contribution in [-0.4, -0.2) is 62.9 Å². The van der Waals surface area contributed by atoms with Crippen molar-refractivity contribution in [1.29, 1.82) is 0 Å². The van der Waals surface area contributed by atoms with Gasteiger partial charge in [0, 0.05) is 12.2 Å². The Bertz CT molecular complexity index is 1430. The Balaban J connectivity index is 0.979. The molecule has 0 radical (unpaired) electrons. The van der Waals surface area contributed by atoms with E-state index in [1.54, 1.807) is 24.3 Å². The molecule has 0 bridgehead atoms. The lowest BCUT2D eigenvalue weighted by Crippen LogP contribution is -2.44. The third-order valence-electron chi connectivity index (χ3n) is 11.6. The fourth-order valence-electron chi connectivity index (χ4n) is 8.19. The Morgan fingerprint density at radius 3 is 1.21 bits per heavy atom. The first kappa shape index (κ1) is 42.9. The zero-order valence-corrected chi connectivity index (χ0v) is 32.9. The largest absolute Gasteiger partial charge is 0.463 e. The number of aryl methyl sites for hydroxylation is 2. The molecule has 0 amide bonds. The van der Waals surface area contributed by atoms with E-state index in [0.29, 0.717) is 48.0 Å². The molecule has 2 saturated carbocycles. The third kappa shape index (κ3) is 14.3. The van der Waals surface area contributed by atoms with Crippen molar-refractivity contribution in [1.82, 2.24) is 0 Å². The van der Waals surface area contributed by atoms with Gasteiger partial charge in [-0.05, 0) is 110 Å². The second kappa shape index (κ2) is 23.1. The van der Waals surface area contributed by atoms with Crippen LogP contribution in [-0.2, 0) is 50.9 Å². The summed E-state index contributed by atoms with van der Waals surface area (Å²) in [6.07, 6.45) is 17.9. The van der Waals surface area contributed by atoms with Gasteiger partial charge in [-0.2, -0.15) is 0 Å². The molecule has 10 nitrogen and oxygen atoms in total. The van der Waals surface area contributed by atoms with Gasteiger partial charge in [0.1, 0.15) is 0 Å². The van der Waals surface area contributed by atoms with Crippen molar-refractivity contribution in [2.75, 3.05) is 26.4 Å². The quantitative estimate of drug-likeness (QED) is 0.0558. The Morgan fingerprint density at radius 2 is 0.875 bits per heavy atom. The third-order valence-corrected chi connectivity index (χ3v) is 11.6. The highest BCUT2D eigenvalue weighted by Gasteiger charge is 2.34. The van der Waals surface area contributed by atoms with E-state index in [1.165, 1.54) is 74.6 Å². The molecule has 2 aromatic carbocycles. The monoisotopic (exact) mass is 772 g/mol. The zero-order valence-electron chi connectivity index (χ0n) is 32.9. The van der Waals surface area contributed by atoms with Crippen molar-refractivity contribution in [3.8, 4) is 0 Å². The predicted octanol–water partition coefficient (Wildman–Crippen LogP) is 8.90. The highest BCUT2D eigenvalue weighted by atomic mass is 16.8. The first-order chi connectivity index (χ1) is 27.3. The second-order valence-electron chi connectivity index (χ2n) is 15.6.